The van der Waals surface area contributed by atoms with Crippen molar-refractivity contribution >= 4 is 5.91 Å². The standard InChI is InChI=1S/C25H25NO5/c1-28-21-8-3-18(4-9-21)14-25(27)26(15-19-5-10-22(29-2)11-6-19)16-20-7-12-23-24(13-20)31-17-30-23/h3-13H,14-17H2,1-2H3. The van der Waals surface area contributed by atoms with Gasteiger partial charge in [0.1, 0.15) is 11.5 Å². The highest BCUT2D eigenvalue weighted by atomic mass is 16.7. The Balaban J connectivity index is 1.53. The molecular weight excluding hydrogens is 394 g/mol. The molecule has 0 aliphatic carbocycles. The quantitative estimate of drug-likeness (QED) is 0.548. The van der Waals surface area contributed by atoms with Crippen LogP contribution in [-0.4, -0.2) is 31.8 Å². The van der Waals surface area contributed by atoms with E-state index >= 15 is 0 Å². The maximum atomic E-state index is 13.2. The summed E-state index contributed by atoms with van der Waals surface area (Å²) < 4.78 is 21.3. The zero-order valence-electron chi connectivity index (χ0n) is 17.7. The Hall–Kier alpha value is -3.67. The van der Waals surface area contributed by atoms with Gasteiger partial charge in [-0.3, -0.25) is 4.79 Å². The van der Waals surface area contributed by atoms with Crippen LogP contribution < -0.4 is 18.9 Å². The Morgan fingerprint density at radius 2 is 1.32 bits per heavy atom. The SMILES string of the molecule is COc1ccc(CC(=O)N(Cc2ccc(OC)cc2)Cc2ccc3c(c2)OCO3)cc1. The zero-order valence-corrected chi connectivity index (χ0v) is 17.7. The number of fused-ring (bicyclic) bond motifs is 1. The molecule has 0 unspecified atom stereocenters. The molecule has 4 rings (SSSR count). The Morgan fingerprint density at radius 1 is 0.774 bits per heavy atom. The van der Waals surface area contributed by atoms with Crippen LogP contribution in [0, 0.1) is 0 Å². The molecule has 0 saturated carbocycles. The lowest BCUT2D eigenvalue weighted by atomic mass is 10.1. The van der Waals surface area contributed by atoms with Gasteiger partial charge >= 0.3 is 0 Å². The molecule has 0 fully saturated rings. The van der Waals surface area contributed by atoms with Crippen molar-refractivity contribution < 1.29 is 23.7 Å². The lowest BCUT2D eigenvalue weighted by Gasteiger charge is -2.23. The minimum absolute atomic E-state index is 0.0404. The number of ether oxygens (including phenoxy) is 4. The number of rotatable bonds is 8. The van der Waals surface area contributed by atoms with Gasteiger partial charge in [-0.15, -0.1) is 0 Å². The molecule has 0 spiro atoms. The summed E-state index contributed by atoms with van der Waals surface area (Å²) in [6, 6.07) is 21.1. The van der Waals surface area contributed by atoms with Gasteiger partial charge in [0, 0.05) is 13.1 Å². The highest BCUT2D eigenvalue weighted by Gasteiger charge is 2.18. The molecule has 0 atom stereocenters. The summed E-state index contributed by atoms with van der Waals surface area (Å²) in [4.78, 5) is 15.1. The van der Waals surface area contributed by atoms with Gasteiger partial charge in [-0.1, -0.05) is 30.3 Å². The molecular formula is C25H25NO5. The molecule has 160 valence electrons. The van der Waals surface area contributed by atoms with Gasteiger partial charge in [-0.05, 0) is 53.1 Å². The molecule has 3 aromatic rings. The van der Waals surface area contributed by atoms with E-state index in [-0.39, 0.29) is 12.7 Å². The number of hydrogen-bond acceptors (Lipinski definition) is 5. The van der Waals surface area contributed by atoms with Crippen LogP contribution in [-0.2, 0) is 24.3 Å². The third kappa shape index (κ3) is 5.09. The molecule has 3 aromatic carbocycles. The molecule has 0 bridgehead atoms. The van der Waals surface area contributed by atoms with Gasteiger partial charge in [0.25, 0.3) is 0 Å². The van der Waals surface area contributed by atoms with Crippen LogP contribution in [0.3, 0.4) is 0 Å². The molecule has 0 radical (unpaired) electrons. The highest BCUT2D eigenvalue weighted by molar-refractivity contribution is 5.79. The first-order chi connectivity index (χ1) is 15.1. The molecule has 6 nitrogen and oxygen atoms in total. The molecule has 1 amide bonds. The first kappa shape index (κ1) is 20.6. The topological polar surface area (TPSA) is 57.2 Å². The Labute approximate surface area is 181 Å². The fraction of sp³-hybridized carbons (Fsp3) is 0.240. The Kier molecular flexibility index (Phi) is 6.26. The van der Waals surface area contributed by atoms with Crippen molar-refractivity contribution in [3.8, 4) is 23.0 Å². The molecule has 0 aromatic heterocycles. The molecule has 0 saturated heterocycles. The summed E-state index contributed by atoms with van der Waals surface area (Å²) >= 11 is 0. The van der Waals surface area contributed by atoms with E-state index in [2.05, 4.69) is 0 Å². The van der Waals surface area contributed by atoms with E-state index in [1.165, 1.54) is 0 Å². The second-order valence-corrected chi connectivity index (χ2v) is 7.31. The molecule has 6 heteroatoms. The monoisotopic (exact) mass is 419 g/mol. The maximum absolute atomic E-state index is 13.2. The summed E-state index contributed by atoms with van der Waals surface area (Å²) in [6.45, 7) is 1.19. The van der Waals surface area contributed by atoms with Gasteiger partial charge < -0.3 is 23.8 Å². The summed E-state index contributed by atoms with van der Waals surface area (Å²) in [7, 11) is 3.27. The Bertz CT molecular complexity index is 1030. The van der Waals surface area contributed by atoms with E-state index in [0.717, 1.165) is 33.9 Å². The van der Waals surface area contributed by atoms with Crippen molar-refractivity contribution in [2.45, 2.75) is 19.5 Å². The van der Waals surface area contributed by atoms with Crippen LogP contribution in [0.1, 0.15) is 16.7 Å². The van der Waals surface area contributed by atoms with Crippen molar-refractivity contribution in [2.24, 2.45) is 0 Å². The van der Waals surface area contributed by atoms with E-state index < -0.39 is 0 Å². The molecule has 0 N–H and O–H groups in total. The first-order valence-corrected chi connectivity index (χ1v) is 10.1. The summed E-state index contributed by atoms with van der Waals surface area (Å²) in [6.07, 6.45) is 0.310. The smallest absolute Gasteiger partial charge is 0.231 e. The van der Waals surface area contributed by atoms with Crippen molar-refractivity contribution in [1.82, 2.24) is 4.90 Å². The summed E-state index contributed by atoms with van der Waals surface area (Å²) in [5.41, 5.74) is 2.96. The fourth-order valence-electron chi connectivity index (χ4n) is 3.47. The predicted octanol–water partition coefficient (Wildman–Crippen LogP) is 4.20. The van der Waals surface area contributed by atoms with Gasteiger partial charge in [0.2, 0.25) is 12.7 Å². The van der Waals surface area contributed by atoms with Crippen LogP contribution in [0.2, 0.25) is 0 Å². The second kappa shape index (κ2) is 9.43. The van der Waals surface area contributed by atoms with Crippen LogP contribution in [0.4, 0.5) is 0 Å². The number of carbonyl (C=O) groups excluding carboxylic acids is 1. The molecule has 1 heterocycles. The maximum Gasteiger partial charge on any atom is 0.231 e. The second-order valence-electron chi connectivity index (χ2n) is 7.31. The fourth-order valence-corrected chi connectivity index (χ4v) is 3.47. The highest BCUT2D eigenvalue weighted by Crippen LogP contribution is 2.33. The van der Waals surface area contributed by atoms with Gasteiger partial charge in [0.15, 0.2) is 11.5 Å². The minimum Gasteiger partial charge on any atom is -0.497 e. The summed E-state index contributed by atoms with van der Waals surface area (Å²) in [5, 5.41) is 0. The van der Waals surface area contributed by atoms with Crippen LogP contribution >= 0.6 is 0 Å². The van der Waals surface area contributed by atoms with Gasteiger partial charge in [-0.2, -0.15) is 0 Å². The first-order valence-electron chi connectivity index (χ1n) is 10.1. The number of carbonyl (C=O) groups is 1. The number of methoxy groups -OCH3 is 2. The zero-order chi connectivity index (χ0) is 21.6. The van der Waals surface area contributed by atoms with E-state index in [0.29, 0.717) is 25.3 Å². The molecule has 1 aliphatic rings. The van der Waals surface area contributed by atoms with Crippen LogP contribution in [0.5, 0.6) is 23.0 Å². The lowest BCUT2D eigenvalue weighted by Crippen LogP contribution is -2.31. The third-order valence-electron chi connectivity index (χ3n) is 5.21. The van der Waals surface area contributed by atoms with Crippen LogP contribution in [0.25, 0.3) is 0 Å². The lowest BCUT2D eigenvalue weighted by molar-refractivity contribution is -0.131. The van der Waals surface area contributed by atoms with Gasteiger partial charge in [-0.25, -0.2) is 0 Å². The summed E-state index contributed by atoms with van der Waals surface area (Å²) in [5.74, 6) is 3.04. The van der Waals surface area contributed by atoms with Crippen molar-refractivity contribution in [1.29, 1.82) is 0 Å². The number of benzene rings is 3. The average Bonchev–Trinajstić information content (AvgIpc) is 3.27. The van der Waals surface area contributed by atoms with Crippen molar-refractivity contribution in [3.05, 3.63) is 83.4 Å². The van der Waals surface area contributed by atoms with E-state index in [9.17, 15) is 4.79 Å². The normalized spacial score (nSPS) is 11.8. The van der Waals surface area contributed by atoms with E-state index in [1.807, 2.05) is 71.6 Å². The molecule has 31 heavy (non-hydrogen) atoms. The average molecular weight is 419 g/mol. The predicted molar refractivity (Wildman–Crippen MR) is 117 cm³/mol. The third-order valence-corrected chi connectivity index (χ3v) is 5.21. The van der Waals surface area contributed by atoms with Crippen LogP contribution in [0.15, 0.2) is 66.7 Å². The van der Waals surface area contributed by atoms with Crippen molar-refractivity contribution in [3.63, 3.8) is 0 Å². The largest absolute Gasteiger partial charge is 0.497 e. The van der Waals surface area contributed by atoms with Crippen molar-refractivity contribution in [2.75, 3.05) is 21.0 Å². The van der Waals surface area contributed by atoms with E-state index in [1.54, 1.807) is 14.2 Å². The number of hydrogen-bond donors (Lipinski definition) is 0. The number of amides is 1. The number of nitrogens with zero attached hydrogens (tertiary/aromatic N) is 1. The van der Waals surface area contributed by atoms with E-state index in [4.69, 9.17) is 18.9 Å². The Morgan fingerprint density at radius 3 is 1.97 bits per heavy atom. The van der Waals surface area contributed by atoms with Gasteiger partial charge in [0.05, 0.1) is 20.6 Å². The minimum atomic E-state index is 0.0404. The molecule has 1 aliphatic heterocycles.